The highest BCUT2D eigenvalue weighted by atomic mass is 16.3. The van der Waals surface area contributed by atoms with Gasteiger partial charge >= 0.3 is 0 Å². The van der Waals surface area contributed by atoms with E-state index in [4.69, 9.17) is 0 Å². The molecule has 0 aliphatic heterocycles. The van der Waals surface area contributed by atoms with Crippen LogP contribution in [-0.2, 0) is 13.0 Å². The van der Waals surface area contributed by atoms with Gasteiger partial charge in [0.05, 0.1) is 6.10 Å². The fourth-order valence-electron chi connectivity index (χ4n) is 1.84. The molecule has 1 aliphatic rings. The number of hydrogen-bond donors (Lipinski definition) is 1. The molecule has 0 amide bonds. The lowest BCUT2D eigenvalue weighted by atomic mass is 9.79. The lowest BCUT2D eigenvalue weighted by molar-refractivity contribution is 0.0230. The third-order valence-electron chi connectivity index (χ3n) is 2.96. The number of aliphatic hydroxyl groups excluding tert-OH is 1. The summed E-state index contributed by atoms with van der Waals surface area (Å²) in [7, 11) is 0. The first-order chi connectivity index (χ1) is 6.31. The van der Waals surface area contributed by atoms with Gasteiger partial charge in [-0.15, -0.1) is 0 Å². The van der Waals surface area contributed by atoms with Crippen molar-refractivity contribution in [3.63, 3.8) is 0 Å². The van der Waals surface area contributed by atoms with Crippen molar-refractivity contribution in [2.24, 2.45) is 5.92 Å². The van der Waals surface area contributed by atoms with Crippen LogP contribution in [0.1, 0.15) is 25.6 Å². The van der Waals surface area contributed by atoms with Crippen molar-refractivity contribution in [2.75, 3.05) is 0 Å². The topological polar surface area (TPSA) is 38.0 Å². The van der Waals surface area contributed by atoms with Gasteiger partial charge in [0.2, 0.25) is 0 Å². The molecule has 2 atom stereocenters. The van der Waals surface area contributed by atoms with Crippen molar-refractivity contribution >= 4 is 0 Å². The highest BCUT2D eigenvalue weighted by Crippen LogP contribution is 2.29. The summed E-state index contributed by atoms with van der Waals surface area (Å²) in [5.41, 5.74) is 0. The molecule has 1 aliphatic carbocycles. The molecule has 2 rings (SSSR count). The molecule has 1 N–H and O–H groups in total. The minimum absolute atomic E-state index is 0.0815. The average Bonchev–Trinajstić information content (AvgIpc) is 2.58. The zero-order chi connectivity index (χ0) is 9.26. The van der Waals surface area contributed by atoms with Crippen LogP contribution in [-0.4, -0.2) is 20.8 Å². The normalized spacial score (nSPS) is 27.2. The molecule has 13 heavy (non-hydrogen) atoms. The predicted molar refractivity (Wildman–Crippen MR) is 50.3 cm³/mol. The zero-order valence-electron chi connectivity index (χ0n) is 7.98. The second-order valence-electron chi connectivity index (χ2n) is 3.74. The Kier molecular flexibility index (Phi) is 2.36. The predicted octanol–water partition coefficient (Wildman–Crippen LogP) is 1.22. The summed E-state index contributed by atoms with van der Waals surface area (Å²) in [6.07, 6.45) is 6.81. The van der Waals surface area contributed by atoms with Gasteiger partial charge in [-0.25, -0.2) is 4.98 Å². The van der Waals surface area contributed by atoms with E-state index in [9.17, 15) is 5.11 Å². The van der Waals surface area contributed by atoms with E-state index in [2.05, 4.69) is 16.5 Å². The fraction of sp³-hybridized carbons (Fsp3) is 0.700. The zero-order valence-corrected chi connectivity index (χ0v) is 7.98. The van der Waals surface area contributed by atoms with Crippen LogP contribution in [0.4, 0.5) is 0 Å². The highest BCUT2D eigenvalue weighted by Gasteiger charge is 2.29. The monoisotopic (exact) mass is 180 g/mol. The van der Waals surface area contributed by atoms with Crippen molar-refractivity contribution in [1.29, 1.82) is 0 Å². The first-order valence-corrected chi connectivity index (χ1v) is 4.99. The Labute approximate surface area is 78.4 Å². The Bertz CT molecular complexity index is 282. The Hall–Kier alpha value is -0.830. The maximum absolute atomic E-state index is 9.43. The number of hydrogen-bond acceptors (Lipinski definition) is 2. The Morgan fingerprint density at radius 2 is 2.46 bits per heavy atom. The Morgan fingerprint density at radius 1 is 1.62 bits per heavy atom. The summed E-state index contributed by atoms with van der Waals surface area (Å²) in [6.45, 7) is 3.08. The Morgan fingerprint density at radius 3 is 3.00 bits per heavy atom. The van der Waals surface area contributed by atoms with E-state index >= 15 is 0 Å². The maximum atomic E-state index is 9.43. The van der Waals surface area contributed by atoms with Crippen molar-refractivity contribution in [3.8, 4) is 0 Å². The molecule has 0 aromatic carbocycles. The first-order valence-electron chi connectivity index (χ1n) is 4.99. The molecule has 1 heterocycles. The molecule has 0 saturated heterocycles. The maximum Gasteiger partial charge on any atom is 0.108 e. The molecular weight excluding hydrogens is 164 g/mol. The summed E-state index contributed by atoms with van der Waals surface area (Å²) in [5.74, 6) is 1.57. The van der Waals surface area contributed by atoms with Crippen molar-refractivity contribution in [1.82, 2.24) is 9.55 Å². The molecule has 0 spiro atoms. The smallest absolute Gasteiger partial charge is 0.108 e. The van der Waals surface area contributed by atoms with Crippen molar-refractivity contribution < 1.29 is 5.11 Å². The summed E-state index contributed by atoms with van der Waals surface area (Å²) in [5, 5.41) is 9.43. The quantitative estimate of drug-likeness (QED) is 0.759. The molecule has 0 radical (unpaired) electrons. The number of nitrogens with zero attached hydrogens (tertiary/aromatic N) is 2. The van der Waals surface area contributed by atoms with Gasteiger partial charge in [-0.1, -0.05) is 0 Å². The molecule has 1 aromatic rings. The van der Waals surface area contributed by atoms with E-state index in [1.807, 2.05) is 12.4 Å². The van der Waals surface area contributed by atoms with E-state index < -0.39 is 0 Å². The van der Waals surface area contributed by atoms with E-state index in [1.165, 1.54) is 0 Å². The van der Waals surface area contributed by atoms with Crippen LogP contribution in [0.15, 0.2) is 12.4 Å². The molecular formula is C10H16N2O. The summed E-state index contributed by atoms with van der Waals surface area (Å²) in [6, 6.07) is 0. The highest BCUT2D eigenvalue weighted by molar-refractivity contribution is 4.97. The summed E-state index contributed by atoms with van der Waals surface area (Å²) < 4.78 is 2.14. The van der Waals surface area contributed by atoms with Gasteiger partial charge in [0.25, 0.3) is 0 Å². The van der Waals surface area contributed by atoms with Gasteiger partial charge < -0.3 is 9.67 Å². The Balaban J connectivity index is 2.00. The van der Waals surface area contributed by atoms with Gasteiger partial charge in [0.15, 0.2) is 0 Å². The van der Waals surface area contributed by atoms with Gasteiger partial charge in [0.1, 0.15) is 5.82 Å². The van der Waals surface area contributed by atoms with E-state index in [0.717, 1.165) is 31.6 Å². The summed E-state index contributed by atoms with van der Waals surface area (Å²) in [4.78, 5) is 4.30. The molecule has 3 nitrogen and oxygen atoms in total. The SMILES string of the molecule is CCn1ccnc1CC1CCC1O. The largest absolute Gasteiger partial charge is 0.393 e. The molecule has 3 heteroatoms. The lowest BCUT2D eigenvalue weighted by Gasteiger charge is -2.32. The van der Waals surface area contributed by atoms with Gasteiger partial charge in [-0.3, -0.25) is 0 Å². The molecule has 1 saturated carbocycles. The van der Waals surface area contributed by atoms with Crippen LogP contribution < -0.4 is 0 Å². The first kappa shape index (κ1) is 8.75. The molecule has 1 aromatic heterocycles. The van der Waals surface area contributed by atoms with E-state index in [1.54, 1.807) is 0 Å². The molecule has 2 unspecified atom stereocenters. The molecule has 0 bridgehead atoms. The number of aryl methyl sites for hydroxylation is 1. The van der Waals surface area contributed by atoms with Crippen LogP contribution in [0.3, 0.4) is 0 Å². The summed E-state index contributed by atoms with van der Waals surface area (Å²) >= 11 is 0. The third kappa shape index (κ3) is 1.61. The lowest BCUT2D eigenvalue weighted by Crippen LogP contribution is -2.33. The third-order valence-corrected chi connectivity index (χ3v) is 2.96. The fourth-order valence-corrected chi connectivity index (χ4v) is 1.84. The number of aliphatic hydroxyl groups is 1. The number of rotatable bonds is 3. The van der Waals surface area contributed by atoms with Crippen molar-refractivity contribution in [2.45, 2.75) is 38.8 Å². The van der Waals surface area contributed by atoms with Gasteiger partial charge in [-0.05, 0) is 25.7 Å². The minimum atomic E-state index is -0.0815. The van der Waals surface area contributed by atoms with Gasteiger partial charge in [0, 0.05) is 25.4 Å². The standard InChI is InChI=1S/C10H16N2O/c1-2-12-6-5-11-10(12)7-8-3-4-9(8)13/h5-6,8-9,13H,2-4,7H2,1H3. The van der Waals surface area contributed by atoms with Crippen LogP contribution in [0.25, 0.3) is 0 Å². The number of aromatic nitrogens is 2. The van der Waals surface area contributed by atoms with Gasteiger partial charge in [-0.2, -0.15) is 0 Å². The molecule has 1 fully saturated rings. The number of imidazole rings is 1. The second kappa shape index (κ2) is 3.50. The second-order valence-corrected chi connectivity index (χ2v) is 3.74. The molecule has 72 valence electrons. The van der Waals surface area contributed by atoms with Crippen LogP contribution in [0.2, 0.25) is 0 Å². The minimum Gasteiger partial charge on any atom is -0.393 e. The van der Waals surface area contributed by atoms with E-state index in [0.29, 0.717) is 5.92 Å². The average molecular weight is 180 g/mol. The van der Waals surface area contributed by atoms with Crippen LogP contribution in [0.5, 0.6) is 0 Å². The van der Waals surface area contributed by atoms with Crippen LogP contribution in [0, 0.1) is 5.92 Å². The van der Waals surface area contributed by atoms with E-state index in [-0.39, 0.29) is 6.10 Å². The van der Waals surface area contributed by atoms with Crippen molar-refractivity contribution in [3.05, 3.63) is 18.2 Å². The van der Waals surface area contributed by atoms with Crippen LogP contribution >= 0.6 is 0 Å².